The van der Waals surface area contributed by atoms with Crippen LogP contribution in [0.2, 0.25) is 0 Å². The van der Waals surface area contributed by atoms with E-state index < -0.39 is 0 Å². The number of anilines is 1. The van der Waals surface area contributed by atoms with Gasteiger partial charge in [0.15, 0.2) is 5.13 Å². The van der Waals surface area contributed by atoms with Crippen LogP contribution in [0.4, 0.5) is 5.13 Å². The Morgan fingerprint density at radius 1 is 1.19 bits per heavy atom. The zero-order valence-electron chi connectivity index (χ0n) is 14.3. The molecule has 21 heavy (non-hydrogen) atoms. The van der Waals surface area contributed by atoms with Gasteiger partial charge < -0.3 is 10.2 Å². The van der Waals surface area contributed by atoms with Gasteiger partial charge in [-0.1, -0.05) is 13.8 Å². The van der Waals surface area contributed by atoms with Gasteiger partial charge in [0, 0.05) is 30.1 Å². The number of hydrogen-bond donors (Lipinski definition) is 1. The molecule has 2 rings (SSSR count). The van der Waals surface area contributed by atoms with E-state index in [0.717, 1.165) is 13.0 Å². The summed E-state index contributed by atoms with van der Waals surface area (Å²) in [7, 11) is 0. The lowest BCUT2D eigenvalue weighted by Crippen LogP contribution is -2.35. The Balaban J connectivity index is 2.13. The van der Waals surface area contributed by atoms with Gasteiger partial charge in [-0.15, -0.1) is 11.3 Å². The first-order valence-corrected chi connectivity index (χ1v) is 9.15. The molecule has 0 aliphatic carbocycles. The summed E-state index contributed by atoms with van der Waals surface area (Å²) in [6.07, 6.45) is 5.09. The van der Waals surface area contributed by atoms with Gasteiger partial charge in [-0.25, -0.2) is 4.98 Å². The predicted molar refractivity (Wildman–Crippen MR) is 93.3 cm³/mol. The lowest BCUT2D eigenvalue weighted by Gasteiger charge is -2.25. The van der Waals surface area contributed by atoms with Gasteiger partial charge in [0.25, 0.3) is 0 Å². The van der Waals surface area contributed by atoms with Crippen molar-refractivity contribution in [3.05, 3.63) is 10.6 Å². The first kappa shape index (κ1) is 16.8. The van der Waals surface area contributed by atoms with E-state index in [1.165, 1.54) is 48.1 Å². The molecule has 1 aliphatic heterocycles. The predicted octanol–water partition coefficient (Wildman–Crippen LogP) is 4.22. The van der Waals surface area contributed by atoms with Crippen molar-refractivity contribution in [1.82, 2.24) is 10.3 Å². The third kappa shape index (κ3) is 5.26. The van der Waals surface area contributed by atoms with Crippen molar-refractivity contribution < 1.29 is 0 Å². The number of piperidine rings is 1. The van der Waals surface area contributed by atoms with Crippen LogP contribution in [0.15, 0.2) is 0 Å². The van der Waals surface area contributed by atoms with E-state index in [4.69, 9.17) is 4.98 Å². The second-order valence-electron chi connectivity index (χ2n) is 7.62. The summed E-state index contributed by atoms with van der Waals surface area (Å²) >= 11 is 1.90. The molecule has 0 amide bonds. The molecule has 1 N–H and O–H groups in total. The minimum absolute atomic E-state index is 0.157. The molecule has 0 radical (unpaired) electrons. The average Bonchev–Trinajstić information content (AvgIpc) is 2.79. The van der Waals surface area contributed by atoms with Crippen molar-refractivity contribution in [3.8, 4) is 0 Å². The third-order valence-corrected chi connectivity index (χ3v) is 4.93. The van der Waals surface area contributed by atoms with E-state index in [-0.39, 0.29) is 5.54 Å². The zero-order valence-corrected chi connectivity index (χ0v) is 15.1. The maximum atomic E-state index is 4.98. The van der Waals surface area contributed by atoms with Gasteiger partial charge in [-0.2, -0.15) is 0 Å². The molecule has 0 atom stereocenters. The van der Waals surface area contributed by atoms with E-state index in [2.05, 4.69) is 44.8 Å². The van der Waals surface area contributed by atoms with E-state index in [1.807, 2.05) is 11.3 Å². The fourth-order valence-corrected chi connectivity index (χ4v) is 3.70. The molecule has 1 aromatic rings. The number of nitrogens with one attached hydrogen (secondary N) is 1. The first-order chi connectivity index (χ1) is 9.85. The SMILES string of the molecule is CC(C)Cc1nc(N2CCCCC2)sc1CNC(C)(C)C. The molecule has 1 saturated heterocycles. The topological polar surface area (TPSA) is 28.2 Å². The van der Waals surface area contributed by atoms with Crippen LogP contribution >= 0.6 is 11.3 Å². The van der Waals surface area contributed by atoms with Crippen LogP contribution in [0.5, 0.6) is 0 Å². The minimum Gasteiger partial charge on any atom is -0.348 e. The second-order valence-corrected chi connectivity index (χ2v) is 8.68. The maximum Gasteiger partial charge on any atom is 0.185 e. The largest absolute Gasteiger partial charge is 0.348 e. The fourth-order valence-electron chi connectivity index (χ4n) is 2.62. The Hall–Kier alpha value is -0.610. The van der Waals surface area contributed by atoms with Gasteiger partial charge in [0.2, 0.25) is 0 Å². The molecule has 0 spiro atoms. The zero-order chi connectivity index (χ0) is 15.5. The average molecular weight is 310 g/mol. The Bertz CT molecular complexity index is 439. The number of rotatable bonds is 5. The summed E-state index contributed by atoms with van der Waals surface area (Å²) in [6.45, 7) is 14.5. The molecule has 3 nitrogen and oxygen atoms in total. The van der Waals surface area contributed by atoms with Crippen LogP contribution in [-0.2, 0) is 13.0 Å². The molecule has 1 aromatic heterocycles. The van der Waals surface area contributed by atoms with Crippen LogP contribution in [0.25, 0.3) is 0 Å². The van der Waals surface area contributed by atoms with Gasteiger partial charge in [-0.3, -0.25) is 0 Å². The molecule has 0 aromatic carbocycles. The summed E-state index contributed by atoms with van der Waals surface area (Å²) < 4.78 is 0. The van der Waals surface area contributed by atoms with Crippen molar-refractivity contribution in [2.45, 2.75) is 72.4 Å². The van der Waals surface area contributed by atoms with E-state index >= 15 is 0 Å². The molecule has 0 bridgehead atoms. The van der Waals surface area contributed by atoms with E-state index in [9.17, 15) is 0 Å². The quantitative estimate of drug-likeness (QED) is 0.882. The van der Waals surface area contributed by atoms with Crippen molar-refractivity contribution in [1.29, 1.82) is 0 Å². The highest BCUT2D eigenvalue weighted by atomic mass is 32.1. The van der Waals surface area contributed by atoms with Crippen LogP contribution < -0.4 is 10.2 Å². The first-order valence-electron chi connectivity index (χ1n) is 8.34. The highest BCUT2D eigenvalue weighted by molar-refractivity contribution is 7.15. The maximum absolute atomic E-state index is 4.98. The lowest BCUT2D eigenvalue weighted by atomic mass is 10.1. The molecular formula is C17H31N3S. The molecule has 4 heteroatoms. The second kappa shape index (κ2) is 7.10. The Morgan fingerprint density at radius 2 is 1.86 bits per heavy atom. The van der Waals surface area contributed by atoms with Gasteiger partial charge in [0.05, 0.1) is 5.69 Å². The van der Waals surface area contributed by atoms with Crippen LogP contribution in [-0.4, -0.2) is 23.6 Å². The van der Waals surface area contributed by atoms with Crippen LogP contribution in [0, 0.1) is 5.92 Å². The molecule has 0 unspecified atom stereocenters. The van der Waals surface area contributed by atoms with E-state index in [0.29, 0.717) is 5.92 Å². The standard InChI is InChI=1S/C17H31N3S/c1-13(2)11-14-15(12-18-17(3,4)5)21-16(19-14)20-9-7-6-8-10-20/h13,18H,6-12H2,1-5H3. The number of aromatic nitrogens is 1. The van der Waals surface area contributed by atoms with Crippen molar-refractivity contribution >= 4 is 16.5 Å². The number of thiazole rings is 1. The normalized spacial score (nSPS) is 16.8. The van der Waals surface area contributed by atoms with Crippen LogP contribution in [0.1, 0.15) is 64.5 Å². The summed E-state index contributed by atoms with van der Waals surface area (Å²) in [5.41, 5.74) is 1.47. The summed E-state index contributed by atoms with van der Waals surface area (Å²) in [4.78, 5) is 8.89. The molecular weight excluding hydrogens is 278 g/mol. The lowest BCUT2D eigenvalue weighted by molar-refractivity contribution is 0.425. The summed E-state index contributed by atoms with van der Waals surface area (Å²) in [5.74, 6) is 0.662. The van der Waals surface area contributed by atoms with Gasteiger partial charge in [-0.05, 0) is 52.4 Å². The number of nitrogens with zero attached hydrogens (tertiary/aromatic N) is 2. The van der Waals surface area contributed by atoms with E-state index in [1.54, 1.807) is 0 Å². The van der Waals surface area contributed by atoms with Gasteiger partial charge >= 0.3 is 0 Å². The summed E-state index contributed by atoms with van der Waals surface area (Å²) in [6, 6.07) is 0. The molecule has 2 heterocycles. The third-order valence-electron chi connectivity index (χ3n) is 3.77. The highest BCUT2D eigenvalue weighted by Gasteiger charge is 2.20. The fraction of sp³-hybridized carbons (Fsp3) is 0.824. The summed E-state index contributed by atoms with van der Waals surface area (Å²) in [5, 5.41) is 4.87. The van der Waals surface area contributed by atoms with Crippen molar-refractivity contribution in [2.75, 3.05) is 18.0 Å². The smallest absolute Gasteiger partial charge is 0.185 e. The Labute approximate surface area is 134 Å². The number of hydrogen-bond acceptors (Lipinski definition) is 4. The van der Waals surface area contributed by atoms with Crippen molar-refractivity contribution in [2.24, 2.45) is 5.92 Å². The monoisotopic (exact) mass is 309 g/mol. The van der Waals surface area contributed by atoms with Crippen LogP contribution in [0.3, 0.4) is 0 Å². The molecule has 1 aliphatic rings. The Kier molecular flexibility index (Phi) is 5.67. The Morgan fingerprint density at radius 3 is 2.43 bits per heavy atom. The van der Waals surface area contributed by atoms with Gasteiger partial charge in [0.1, 0.15) is 0 Å². The molecule has 0 saturated carbocycles. The highest BCUT2D eigenvalue weighted by Crippen LogP contribution is 2.30. The molecule has 1 fully saturated rings. The molecule has 120 valence electrons. The van der Waals surface area contributed by atoms with Crippen molar-refractivity contribution in [3.63, 3.8) is 0 Å². The minimum atomic E-state index is 0.157.